The average Bonchev–Trinajstić information content (AvgIpc) is 3.89. The Hall–Kier alpha value is -7.98. The van der Waals surface area contributed by atoms with Crippen molar-refractivity contribution in [3.63, 3.8) is 0 Å². The van der Waals surface area contributed by atoms with Gasteiger partial charge in [0.2, 0.25) is 0 Å². The van der Waals surface area contributed by atoms with Crippen molar-refractivity contribution in [3.8, 4) is 33.6 Å². The van der Waals surface area contributed by atoms with E-state index in [-0.39, 0.29) is 0 Å². The number of benzene rings is 10. The summed E-state index contributed by atoms with van der Waals surface area (Å²) in [6.45, 7) is 0. The molecule has 2 aromatic heterocycles. The van der Waals surface area contributed by atoms with Crippen LogP contribution >= 0.6 is 0 Å². The number of aromatic nitrogens is 2. The van der Waals surface area contributed by atoms with Crippen LogP contribution in [-0.2, 0) is 0 Å². The normalized spacial score (nSPS) is 11.8. The van der Waals surface area contributed by atoms with Gasteiger partial charge in [0.25, 0.3) is 0 Å². The molecule has 296 valence electrons. The summed E-state index contributed by atoms with van der Waals surface area (Å²) >= 11 is 0. The summed E-state index contributed by atoms with van der Waals surface area (Å²) in [6.07, 6.45) is 0. The Morgan fingerprint density at radius 2 is 0.714 bits per heavy atom. The Balaban J connectivity index is 1.08. The molecule has 3 heteroatoms. The van der Waals surface area contributed by atoms with Gasteiger partial charge in [0.1, 0.15) is 0 Å². The molecule has 2 heterocycles. The van der Waals surface area contributed by atoms with Crippen molar-refractivity contribution in [3.05, 3.63) is 255 Å². The summed E-state index contributed by atoms with van der Waals surface area (Å²) in [5.41, 5.74) is 11.9. The molecule has 12 aromatic rings. The van der Waals surface area contributed by atoms with E-state index in [1.54, 1.807) is 0 Å². The predicted molar refractivity (Wildman–Crippen MR) is 270 cm³/mol. The minimum Gasteiger partial charge on any atom is -0.309 e. The second-order valence-corrected chi connectivity index (χ2v) is 20.3. The number of para-hydroxylation sites is 2. The molecule has 0 spiro atoms. The lowest BCUT2D eigenvalue weighted by molar-refractivity contribution is 1.17. The molecule has 0 atom stereocenters. The van der Waals surface area contributed by atoms with Gasteiger partial charge >= 0.3 is 0 Å². The Morgan fingerprint density at radius 3 is 1.37 bits per heavy atom. The van der Waals surface area contributed by atoms with Crippen molar-refractivity contribution in [1.29, 1.82) is 0 Å². The molecule has 0 aliphatic carbocycles. The maximum atomic E-state index is 2.52. The summed E-state index contributed by atoms with van der Waals surface area (Å²) in [5, 5.41) is 10.4. The zero-order valence-corrected chi connectivity index (χ0v) is 35.6. The summed E-state index contributed by atoms with van der Waals surface area (Å²) in [7, 11) is -2.75. The lowest BCUT2D eigenvalue weighted by Crippen LogP contribution is -2.74. The maximum absolute atomic E-state index is 2.75. The molecule has 10 aromatic carbocycles. The molecule has 0 radical (unpaired) electrons. The van der Waals surface area contributed by atoms with Crippen molar-refractivity contribution < 1.29 is 0 Å². The Morgan fingerprint density at radius 1 is 0.254 bits per heavy atom. The molecule has 0 unspecified atom stereocenters. The summed E-state index contributed by atoms with van der Waals surface area (Å²) in [4.78, 5) is 0. The van der Waals surface area contributed by atoms with Gasteiger partial charge in [-0.3, -0.25) is 0 Å². The zero-order valence-electron chi connectivity index (χ0n) is 34.6. The number of fused-ring (bicyclic) bond motifs is 6. The topological polar surface area (TPSA) is 9.86 Å². The van der Waals surface area contributed by atoms with E-state index in [1.165, 1.54) is 92.3 Å². The van der Waals surface area contributed by atoms with Gasteiger partial charge in [0.05, 0.1) is 27.8 Å². The average molecular weight is 819 g/mol. The van der Waals surface area contributed by atoms with E-state index >= 15 is 0 Å². The molecule has 12 rings (SSSR count). The highest BCUT2D eigenvalue weighted by molar-refractivity contribution is 7.20. The fourth-order valence-electron chi connectivity index (χ4n) is 10.3. The van der Waals surface area contributed by atoms with E-state index in [0.717, 1.165) is 5.69 Å². The minimum atomic E-state index is -2.75. The molecular weight excluding hydrogens is 777 g/mol. The number of rotatable bonds is 8. The monoisotopic (exact) mass is 818 g/mol. The lowest BCUT2D eigenvalue weighted by atomic mass is 9.99. The SMILES string of the molecule is c1ccc(-c2cccc(-c3cccc(-n4c5ccccc5c5c(-n6c7ccccc7c7cc([Si](c8ccccc8)(c8ccccc8)c8ccccc8)ccc76)cccc54)c3)c2)cc1. The molecule has 0 fully saturated rings. The van der Waals surface area contributed by atoms with E-state index in [1.807, 2.05) is 0 Å². The fraction of sp³-hybridized carbons (Fsp3) is 0. The summed E-state index contributed by atoms with van der Waals surface area (Å²) in [6, 6.07) is 94.2. The van der Waals surface area contributed by atoms with Crippen LogP contribution in [0.3, 0.4) is 0 Å². The van der Waals surface area contributed by atoms with Gasteiger partial charge < -0.3 is 9.13 Å². The second-order valence-electron chi connectivity index (χ2n) is 16.5. The van der Waals surface area contributed by atoms with Crippen LogP contribution in [0.4, 0.5) is 0 Å². The van der Waals surface area contributed by atoms with E-state index in [9.17, 15) is 0 Å². The maximum Gasteiger partial charge on any atom is 0.179 e. The zero-order chi connectivity index (χ0) is 41.7. The Bertz CT molecular complexity index is 3510. The summed E-state index contributed by atoms with van der Waals surface area (Å²) in [5.74, 6) is 0. The molecule has 0 aliphatic heterocycles. The smallest absolute Gasteiger partial charge is 0.179 e. The molecule has 63 heavy (non-hydrogen) atoms. The van der Waals surface area contributed by atoms with Gasteiger partial charge in [-0.15, -0.1) is 0 Å². The lowest BCUT2D eigenvalue weighted by Gasteiger charge is -2.34. The molecule has 0 amide bonds. The van der Waals surface area contributed by atoms with Crippen molar-refractivity contribution in [2.24, 2.45) is 0 Å². The highest BCUT2D eigenvalue weighted by Gasteiger charge is 2.41. The van der Waals surface area contributed by atoms with Crippen molar-refractivity contribution in [1.82, 2.24) is 9.13 Å². The van der Waals surface area contributed by atoms with Crippen LogP contribution < -0.4 is 20.7 Å². The van der Waals surface area contributed by atoms with Crippen LogP contribution in [-0.4, -0.2) is 17.2 Å². The molecular formula is C60H42N2Si. The van der Waals surface area contributed by atoms with E-state index < -0.39 is 8.07 Å². The number of nitrogens with zero attached hydrogens (tertiary/aromatic N) is 2. The standard InChI is InChI=1S/C60H42N2Si/c1-5-20-43(21-6-1)44-22-17-23-45(40-44)46-24-18-25-47(41-46)61-56-35-16-14-33-53(56)60-58(61)36-19-37-59(60)62-55-34-15-13-32-52(55)54-42-51(38-39-57(54)62)63(48-26-7-2-8-27-48,49-28-9-3-10-29-49)50-30-11-4-12-31-50/h1-42H. The highest BCUT2D eigenvalue weighted by Crippen LogP contribution is 2.40. The van der Waals surface area contributed by atoms with Gasteiger partial charge in [-0.25, -0.2) is 0 Å². The minimum absolute atomic E-state index is 1.14. The van der Waals surface area contributed by atoms with Gasteiger partial charge in [-0.1, -0.05) is 206 Å². The third-order valence-corrected chi connectivity index (χ3v) is 17.8. The van der Waals surface area contributed by atoms with Crippen LogP contribution in [0.25, 0.3) is 77.2 Å². The first kappa shape index (κ1) is 36.8. The van der Waals surface area contributed by atoms with E-state index in [0.29, 0.717) is 0 Å². The van der Waals surface area contributed by atoms with Crippen molar-refractivity contribution >= 4 is 72.4 Å². The van der Waals surface area contributed by atoms with Gasteiger partial charge in [0, 0.05) is 27.2 Å². The van der Waals surface area contributed by atoms with Crippen LogP contribution in [0, 0.1) is 0 Å². The van der Waals surface area contributed by atoms with E-state index in [2.05, 4.69) is 264 Å². The molecule has 0 saturated carbocycles. The molecule has 2 nitrogen and oxygen atoms in total. The largest absolute Gasteiger partial charge is 0.309 e. The number of hydrogen-bond donors (Lipinski definition) is 0. The summed E-state index contributed by atoms with van der Waals surface area (Å²) < 4.78 is 4.96. The predicted octanol–water partition coefficient (Wildman–Crippen LogP) is 12.6. The van der Waals surface area contributed by atoms with Crippen LogP contribution in [0.5, 0.6) is 0 Å². The molecule has 0 bridgehead atoms. The first-order valence-corrected chi connectivity index (χ1v) is 23.8. The van der Waals surface area contributed by atoms with Gasteiger partial charge in [-0.05, 0) is 91.5 Å². The highest BCUT2D eigenvalue weighted by atomic mass is 28.3. The molecule has 0 saturated heterocycles. The third-order valence-electron chi connectivity index (χ3n) is 13.0. The van der Waals surface area contributed by atoms with E-state index in [4.69, 9.17) is 0 Å². The first-order valence-electron chi connectivity index (χ1n) is 21.8. The third kappa shape index (κ3) is 5.93. The Labute approximate surface area is 368 Å². The van der Waals surface area contributed by atoms with Crippen molar-refractivity contribution in [2.45, 2.75) is 0 Å². The quantitative estimate of drug-likeness (QED) is 0.107. The second kappa shape index (κ2) is 15.2. The number of hydrogen-bond acceptors (Lipinski definition) is 0. The van der Waals surface area contributed by atoms with Crippen LogP contribution in [0.1, 0.15) is 0 Å². The van der Waals surface area contributed by atoms with Crippen molar-refractivity contribution in [2.75, 3.05) is 0 Å². The first-order chi connectivity index (χ1) is 31.3. The van der Waals surface area contributed by atoms with Crippen LogP contribution in [0.2, 0.25) is 0 Å². The fourth-order valence-corrected chi connectivity index (χ4v) is 15.1. The van der Waals surface area contributed by atoms with Gasteiger partial charge in [-0.2, -0.15) is 0 Å². The molecule has 0 N–H and O–H groups in total. The molecule has 0 aliphatic rings. The van der Waals surface area contributed by atoms with Crippen LogP contribution in [0.15, 0.2) is 255 Å². The van der Waals surface area contributed by atoms with Gasteiger partial charge in [0.15, 0.2) is 8.07 Å². The Kier molecular flexibility index (Phi) is 8.87.